The fourth-order valence-electron chi connectivity index (χ4n) is 2.89. The maximum absolute atomic E-state index is 12.5. The van der Waals surface area contributed by atoms with Gasteiger partial charge in [0.25, 0.3) is 11.8 Å². The Morgan fingerprint density at radius 1 is 0.958 bits per heavy atom. The van der Waals surface area contributed by atoms with E-state index >= 15 is 0 Å². The molecule has 0 bridgehead atoms. The monoisotopic (exact) mass is 342 g/mol. The Kier molecular flexibility index (Phi) is 5.16. The Morgan fingerprint density at radius 3 is 2.29 bits per heavy atom. The van der Waals surface area contributed by atoms with Crippen molar-refractivity contribution in [2.45, 2.75) is 18.9 Å². The first kappa shape index (κ1) is 16.5. The van der Waals surface area contributed by atoms with Crippen molar-refractivity contribution in [3.05, 3.63) is 70.7 Å². The number of piperidine rings is 1. The van der Waals surface area contributed by atoms with E-state index in [1.54, 1.807) is 36.4 Å². The van der Waals surface area contributed by atoms with Crippen LogP contribution in [-0.4, -0.2) is 35.8 Å². The first-order chi connectivity index (χ1) is 11.6. The van der Waals surface area contributed by atoms with Gasteiger partial charge in [-0.25, -0.2) is 0 Å². The van der Waals surface area contributed by atoms with E-state index in [0.29, 0.717) is 29.2 Å². The molecule has 1 heterocycles. The topological polar surface area (TPSA) is 49.4 Å². The Labute approximate surface area is 146 Å². The van der Waals surface area contributed by atoms with Gasteiger partial charge < -0.3 is 10.2 Å². The zero-order valence-corrected chi connectivity index (χ0v) is 14.0. The van der Waals surface area contributed by atoms with Crippen LogP contribution in [0.3, 0.4) is 0 Å². The maximum Gasteiger partial charge on any atom is 0.253 e. The first-order valence-electron chi connectivity index (χ1n) is 8.04. The number of hydrogen-bond donors (Lipinski definition) is 1. The predicted octanol–water partition coefficient (Wildman–Crippen LogP) is 3.37. The van der Waals surface area contributed by atoms with Gasteiger partial charge in [0, 0.05) is 35.3 Å². The van der Waals surface area contributed by atoms with E-state index in [-0.39, 0.29) is 17.9 Å². The number of carbonyl (C=O) groups is 2. The van der Waals surface area contributed by atoms with Crippen molar-refractivity contribution in [3.63, 3.8) is 0 Å². The summed E-state index contributed by atoms with van der Waals surface area (Å²) in [5, 5.41) is 3.61. The summed E-state index contributed by atoms with van der Waals surface area (Å²) in [6, 6.07) is 16.3. The Bertz CT molecular complexity index is 725. The highest BCUT2D eigenvalue weighted by Crippen LogP contribution is 2.17. The van der Waals surface area contributed by atoms with Gasteiger partial charge in [-0.3, -0.25) is 9.59 Å². The van der Waals surface area contributed by atoms with E-state index in [4.69, 9.17) is 11.6 Å². The molecule has 0 spiro atoms. The lowest BCUT2D eigenvalue weighted by atomic mass is 10.0. The minimum absolute atomic E-state index is 0.00895. The van der Waals surface area contributed by atoms with Gasteiger partial charge >= 0.3 is 0 Å². The molecule has 1 saturated heterocycles. The third kappa shape index (κ3) is 3.95. The molecule has 0 atom stereocenters. The lowest BCUT2D eigenvalue weighted by Gasteiger charge is -2.32. The summed E-state index contributed by atoms with van der Waals surface area (Å²) >= 11 is 5.95. The lowest BCUT2D eigenvalue weighted by Crippen LogP contribution is -2.46. The minimum Gasteiger partial charge on any atom is -0.349 e. The summed E-state index contributed by atoms with van der Waals surface area (Å²) < 4.78 is 0. The van der Waals surface area contributed by atoms with E-state index in [0.717, 1.165) is 12.8 Å². The average molecular weight is 343 g/mol. The van der Waals surface area contributed by atoms with Crippen LogP contribution in [-0.2, 0) is 0 Å². The lowest BCUT2D eigenvalue weighted by molar-refractivity contribution is 0.0698. The zero-order chi connectivity index (χ0) is 16.9. The standard InChI is InChI=1S/C19H19ClN2O2/c20-16-8-4-7-15(13-16)19(24)22-11-9-17(10-12-22)21-18(23)14-5-2-1-3-6-14/h1-8,13,17H,9-12H2,(H,21,23). The van der Waals surface area contributed by atoms with Crippen molar-refractivity contribution in [2.75, 3.05) is 13.1 Å². The van der Waals surface area contributed by atoms with Crippen LogP contribution in [0.5, 0.6) is 0 Å². The molecule has 5 heteroatoms. The van der Waals surface area contributed by atoms with Gasteiger partial charge in [-0.15, -0.1) is 0 Å². The second kappa shape index (κ2) is 7.49. The van der Waals surface area contributed by atoms with E-state index in [1.807, 2.05) is 23.1 Å². The first-order valence-corrected chi connectivity index (χ1v) is 8.42. The largest absolute Gasteiger partial charge is 0.349 e. The van der Waals surface area contributed by atoms with Gasteiger partial charge in [0.2, 0.25) is 0 Å². The molecule has 0 saturated carbocycles. The molecule has 124 valence electrons. The number of likely N-dealkylation sites (tertiary alicyclic amines) is 1. The number of benzene rings is 2. The average Bonchev–Trinajstić information content (AvgIpc) is 2.62. The second-order valence-corrected chi connectivity index (χ2v) is 6.35. The molecular weight excluding hydrogens is 324 g/mol. The third-order valence-electron chi connectivity index (χ3n) is 4.22. The van der Waals surface area contributed by atoms with Crippen molar-refractivity contribution < 1.29 is 9.59 Å². The molecular formula is C19H19ClN2O2. The molecule has 0 unspecified atom stereocenters. The summed E-state index contributed by atoms with van der Waals surface area (Å²) in [7, 11) is 0. The van der Waals surface area contributed by atoms with Gasteiger partial charge in [-0.1, -0.05) is 35.9 Å². The number of hydrogen-bond acceptors (Lipinski definition) is 2. The van der Waals surface area contributed by atoms with Crippen LogP contribution >= 0.6 is 11.6 Å². The smallest absolute Gasteiger partial charge is 0.253 e. The van der Waals surface area contributed by atoms with Crippen molar-refractivity contribution in [1.82, 2.24) is 10.2 Å². The molecule has 1 N–H and O–H groups in total. The Balaban J connectivity index is 1.54. The van der Waals surface area contributed by atoms with Gasteiger partial charge in [0.05, 0.1) is 0 Å². The summed E-state index contributed by atoms with van der Waals surface area (Å²) in [6.07, 6.45) is 1.51. The molecule has 2 amide bonds. The highest BCUT2D eigenvalue weighted by Gasteiger charge is 2.24. The number of nitrogens with zero attached hydrogens (tertiary/aromatic N) is 1. The van der Waals surface area contributed by atoms with Crippen LogP contribution in [0, 0.1) is 0 Å². The fraction of sp³-hybridized carbons (Fsp3) is 0.263. The minimum atomic E-state index is -0.0600. The van der Waals surface area contributed by atoms with E-state index < -0.39 is 0 Å². The number of amides is 2. The predicted molar refractivity (Wildman–Crippen MR) is 94.3 cm³/mol. The van der Waals surface area contributed by atoms with Crippen LogP contribution in [0.15, 0.2) is 54.6 Å². The summed E-state index contributed by atoms with van der Waals surface area (Å²) in [4.78, 5) is 26.5. The van der Waals surface area contributed by atoms with Gasteiger partial charge in [0.1, 0.15) is 0 Å². The molecule has 1 aliphatic rings. The van der Waals surface area contributed by atoms with Gasteiger partial charge in [0.15, 0.2) is 0 Å². The van der Waals surface area contributed by atoms with Crippen LogP contribution < -0.4 is 5.32 Å². The summed E-state index contributed by atoms with van der Waals surface area (Å²) in [6.45, 7) is 1.26. The number of nitrogens with one attached hydrogen (secondary N) is 1. The summed E-state index contributed by atoms with van der Waals surface area (Å²) in [5.74, 6) is -0.0689. The normalized spacial score (nSPS) is 15.1. The van der Waals surface area contributed by atoms with Crippen LogP contribution in [0.2, 0.25) is 5.02 Å². The van der Waals surface area contributed by atoms with E-state index in [2.05, 4.69) is 5.32 Å². The molecule has 1 fully saturated rings. The number of rotatable bonds is 3. The molecule has 4 nitrogen and oxygen atoms in total. The van der Waals surface area contributed by atoms with E-state index in [9.17, 15) is 9.59 Å². The number of halogens is 1. The summed E-state index contributed by atoms with van der Waals surface area (Å²) in [5.41, 5.74) is 1.27. The molecule has 0 radical (unpaired) electrons. The second-order valence-electron chi connectivity index (χ2n) is 5.92. The molecule has 0 aromatic heterocycles. The highest BCUT2D eigenvalue weighted by atomic mass is 35.5. The van der Waals surface area contributed by atoms with E-state index in [1.165, 1.54) is 0 Å². The number of carbonyl (C=O) groups excluding carboxylic acids is 2. The SMILES string of the molecule is O=C(NC1CCN(C(=O)c2cccc(Cl)c2)CC1)c1ccccc1. The molecule has 1 aliphatic heterocycles. The maximum atomic E-state index is 12.5. The quantitative estimate of drug-likeness (QED) is 0.929. The van der Waals surface area contributed by atoms with Gasteiger partial charge in [-0.05, 0) is 43.2 Å². The highest BCUT2D eigenvalue weighted by molar-refractivity contribution is 6.30. The Hall–Kier alpha value is -2.33. The van der Waals surface area contributed by atoms with Crippen LogP contribution in [0.1, 0.15) is 33.6 Å². The fourth-order valence-corrected chi connectivity index (χ4v) is 3.08. The molecule has 24 heavy (non-hydrogen) atoms. The van der Waals surface area contributed by atoms with Crippen molar-refractivity contribution in [1.29, 1.82) is 0 Å². The Morgan fingerprint density at radius 2 is 1.62 bits per heavy atom. The van der Waals surface area contributed by atoms with Crippen molar-refractivity contribution in [2.24, 2.45) is 0 Å². The third-order valence-corrected chi connectivity index (χ3v) is 4.46. The zero-order valence-electron chi connectivity index (χ0n) is 13.2. The molecule has 0 aliphatic carbocycles. The van der Waals surface area contributed by atoms with Gasteiger partial charge in [-0.2, -0.15) is 0 Å². The van der Waals surface area contributed by atoms with Crippen LogP contribution in [0.4, 0.5) is 0 Å². The molecule has 2 aromatic rings. The van der Waals surface area contributed by atoms with Crippen molar-refractivity contribution in [3.8, 4) is 0 Å². The molecule has 3 rings (SSSR count). The molecule has 2 aromatic carbocycles. The van der Waals surface area contributed by atoms with Crippen molar-refractivity contribution >= 4 is 23.4 Å². The van der Waals surface area contributed by atoms with Crippen LogP contribution in [0.25, 0.3) is 0 Å².